The Labute approximate surface area is 108 Å². The van der Waals surface area contributed by atoms with Gasteiger partial charge in [0, 0.05) is 18.2 Å². The van der Waals surface area contributed by atoms with Crippen LogP contribution in [0.15, 0.2) is 36.5 Å². The summed E-state index contributed by atoms with van der Waals surface area (Å²) in [6.07, 6.45) is 2.52. The van der Waals surface area contributed by atoms with Crippen molar-refractivity contribution in [2.75, 3.05) is 6.54 Å². The summed E-state index contributed by atoms with van der Waals surface area (Å²) in [6, 6.07) is 10.5. The zero-order valence-electron chi connectivity index (χ0n) is 10.9. The van der Waals surface area contributed by atoms with Gasteiger partial charge in [0.2, 0.25) is 0 Å². The number of benzene rings is 1. The third-order valence-corrected chi connectivity index (χ3v) is 2.95. The van der Waals surface area contributed by atoms with Crippen molar-refractivity contribution in [3.63, 3.8) is 0 Å². The summed E-state index contributed by atoms with van der Waals surface area (Å²) in [5.41, 5.74) is 8.95. The molecule has 1 heterocycles. The molecule has 0 radical (unpaired) electrons. The van der Waals surface area contributed by atoms with Gasteiger partial charge in [0.25, 0.3) is 0 Å². The van der Waals surface area contributed by atoms with Crippen LogP contribution in [0.25, 0.3) is 11.3 Å². The van der Waals surface area contributed by atoms with Crippen molar-refractivity contribution in [2.24, 2.45) is 5.73 Å². The van der Waals surface area contributed by atoms with E-state index in [4.69, 9.17) is 5.73 Å². The molecular formula is C15H19N3. The Hall–Kier alpha value is -1.74. The first-order valence-corrected chi connectivity index (χ1v) is 6.33. The minimum absolute atomic E-state index is 0.553. The number of nitrogens with two attached hydrogens (primary N) is 1. The molecule has 0 fully saturated rings. The van der Waals surface area contributed by atoms with Crippen LogP contribution in [-0.2, 0) is 6.42 Å². The third kappa shape index (κ3) is 2.93. The first-order chi connectivity index (χ1) is 8.70. The zero-order valence-corrected chi connectivity index (χ0v) is 10.9. The number of hydrogen-bond donors (Lipinski definition) is 1. The summed E-state index contributed by atoms with van der Waals surface area (Å²) < 4.78 is 0. The summed E-state index contributed by atoms with van der Waals surface area (Å²) in [6.45, 7) is 4.97. The Bertz CT molecular complexity index is 503. The van der Waals surface area contributed by atoms with Crippen LogP contribution in [0.2, 0.25) is 0 Å². The molecule has 0 spiro atoms. The van der Waals surface area contributed by atoms with Crippen molar-refractivity contribution in [2.45, 2.75) is 26.2 Å². The van der Waals surface area contributed by atoms with Gasteiger partial charge in [0.1, 0.15) is 5.82 Å². The van der Waals surface area contributed by atoms with Crippen molar-refractivity contribution in [1.82, 2.24) is 9.97 Å². The molecule has 3 nitrogen and oxygen atoms in total. The van der Waals surface area contributed by atoms with E-state index in [1.807, 2.05) is 6.07 Å². The van der Waals surface area contributed by atoms with Gasteiger partial charge in [-0.2, -0.15) is 0 Å². The number of rotatable bonds is 4. The molecule has 0 aliphatic carbocycles. The average Bonchev–Trinajstić information content (AvgIpc) is 2.39. The van der Waals surface area contributed by atoms with Crippen LogP contribution >= 0.6 is 0 Å². The molecule has 0 unspecified atom stereocenters. The second-order valence-electron chi connectivity index (χ2n) is 4.67. The van der Waals surface area contributed by atoms with Gasteiger partial charge >= 0.3 is 0 Å². The molecule has 94 valence electrons. The lowest BCUT2D eigenvalue weighted by Gasteiger charge is -2.07. The van der Waals surface area contributed by atoms with Gasteiger partial charge in [0.05, 0.1) is 5.69 Å². The second kappa shape index (κ2) is 5.74. The van der Waals surface area contributed by atoms with E-state index < -0.39 is 0 Å². The lowest BCUT2D eigenvalue weighted by molar-refractivity contribution is 0.864. The largest absolute Gasteiger partial charge is 0.330 e. The van der Waals surface area contributed by atoms with Crippen molar-refractivity contribution >= 4 is 0 Å². The van der Waals surface area contributed by atoms with Crippen molar-refractivity contribution in [1.29, 1.82) is 0 Å². The molecule has 0 bridgehead atoms. The average molecular weight is 241 g/mol. The minimum Gasteiger partial charge on any atom is -0.330 e. The second-order valence-corrected chi connectivity index (χ2v) is 4.67. The zero-order chi connectivity index (χ0) is 13.0. The van der Waals surface area contributed by atoms with Crippen LogP contribution < -0.4 is 5.73 Å². The van der Waals surface area contributed by atoms with Crippen LogP contribution in [0.3, 0.4) is 0 Å². The van der Waals surface area contributed by atoms with Gasteiger partial charge in [-0.3, -0.25) is 0 Å². The van der Waals surface area contributed by atoms with Crippen molar-refractivity contribution in [3.8, 4) is 11.3 Å². The highest BCUT2D eigenvalue weighted by Gasteiger charge is 2.03. The van der Waals surface area contributed by atoms with E-state index in [9.17, 15) is 0 Å². The molecule has 2 aromatic rings. The topological polar surface area (TPSA) is 51.8 Å². The summed E-state index contributed by atoms with van der Waals surface area (Å²) in [4.78, 5) is 8.73. The summed E-state index contributed by atoms with van der Waals surface area (Å²) in [5.74, 6) is 1.36. The molecule has 0 aliphatic heterocycles. The molecule has 0 saturated heterocycles. The molecule has 1 aromatic heterocycles. The minimum atomic E-state index is 0.553. The fourth-order valence-corrected chi connectivity index (χ4v) is 1.85. The molecule has 1 aromatic carbocycles. The van der Waals surface area contributed by atoms with E-state index in [-0.39, 0.29) is 0 Å². The summed E-state index contributed by atoms with van der Waals surface area (Å²) >= 11 is 0. The van der Waals surface area contributed by atoms with Crippen LogP contribution in [0, 0.1) is 0 Å². The smallest absolute Gasteiger partial charge is 0.130 e. The van der Waals surface area contributed by atoms with Gasteiger partial charge in [0.15, 0.2) is 0 Å². The molecule has 2 rings (SSSR count). The van der Waals surface area contributed by atoms with Crippen molar-refractivity contribution < 1.29 is 0 Å². The lowest BCUT2D eigenvalue weighted by Crippen LogP contribution is -2.06. The number of hydrogen-bond acceptors (Lipinski definition) is 3. The van der Waals surface area contributed by atoms with E-state index in [1.54, 1.807) is 6.20 Å². The molecule has 0 amide bonds. The lowest BCUT2D eigenvalue weighted by atomic mass is 10.0. The fraction of sp³-hybridized carbons (Fsp3) is 0.333. The number of aromatic nitrogens is 2. The maximum atomic E-state index is 5.52. The normalized spacial score (nSPS) is 10.9. The van der Waals surface area contributed by atoms with Crippen LogP contribution in [0.5, 0.6) is 0 Å². The predicted molar refractivity (Wildman–Crippen MR) is 74.3 cm³/mol. The van der Waals surface area contributed by atoms with Crippen molar-refractivity contribution in [3.05, 3.63) is 47.9 Å². The maximum Gasteiger partial charge on any atom is 0.130 e. The first kappa shape index (κ1) is 12.7. The van der Waals surface area contributed by atoms with Gasteiger partial charge < -0.3 is 5.73 Å². The van der Waals surface area contributed by atoms with Crippen LogP contribution in [0.1, 0.15) is 31.2 Å². The fourth-order valence-electron chi connectivity index (χ4n) is 1.85. The predicted octanol–water partition coefficient (Wildman–Crippen LogP) is 2.77. The van der Waals surface area contributed by atoms with E-state index in [0.717, 1.165) is 23.5 Å². The van der Waals surface area contributed by atoms with Gasteiger partial charge in [-0.15, -0.1) is 0 Å². The van der Waals surface area contributed by atoms with E-state index in [1.165, 1.54) is 5.56 Å². The third-order valence-electron chi connectivity index (χ3n) is 2.95. The summed E-state index contributed by atoms with van der Waals surface area (Å²) in [7, 11) is 0. The van der Waals surface area contributed by atoms with Gasteiger partial charge in [-0.25, -0.2) is 9.97 Å². The highest BCUT2D eigenvalue weighted by Crippen LogP contribution is 2.20. The summed E-state index contributed by atoms with van der Waals surface area (Å²) in [5, 5.41) is 0. The Kier molecular flexibility index (Phi) is 4.05. The van der Waals surface area contributed by atoms with E-state index in [2.05, 4.69) is 48.1 Å². The standard InChI is InChI=1S/C15H19N3/c1-11(2)12-3-5-13(6-4-12)14-8-10-17-15(18-14)7-9-16/h3-6,8,10-11H,7,9,16H2,1-2H3. The Morgan fingerprint density at radius 2 is 1.83 bits per heavy atom. The molecule has 0 saturated carbocycles. The van der Waals surface area contributed by atoms with Crippen LogP contribution in [-0.4, -0.2) is 16.5 Å². The van der Waals surface area contributed by atoms with E-state index in [0.29, 0.717) is 12.5 Å². The van der Waals surface area contributed by atoms with E-state index >= 15 is 0 Å². The van der Waals surface area contributed by atoms with Crippen LogP contribution in [0.4, 0.5) is 0 Å². The molecule has 0 aliphatic rings. The molecule has 18 heavy (non-hydrogen) atoms. The Morgan fingerprint density at radius 3 is 2.44 bits per heavy atom. The Balaban J connectivity index is 2.27. The first-order valence-electron chi connectivity index (χ1n) is 6.33. The highest BCUT2D eigenvalue weighted by molar-refractivity contribution is 5.59. The SMILES string of the molecule is CC(C)c1ccc(-c2ccnc(CCN)n2)cc1. The molecule has 3 heteroatoms. The molecule has 0 atom stereocenters. The quantitative estimate of drug-likeness (QED) is 0.895. The van der Waals surface area contributed by atoms with Gasteiger partial charge in [-0.1, -0.05) is 38.1 Å². The Morgan fingerprint density at radius 1 is 1.11 bits per heavy atom. The molecular weight excluding hydrogens is 222 g/mol. The monoisotopic (exact) mass is 241 g/mol. The highest BCUT2D eigenvalue weighted by atomic mass is 14.9. The number of nitrogens with zero attached hydrogens (tertiary/aromatic N) is 2. The van der Waals surface area contributed by atoms with Gasteiger partial charge in [-0.05, 0) is 24.1 Å². The molecule has 2 N–H and O–H groups in total. The maximum absolute atomic E-state index is 5.52.